The quantitative estimate of drug-likeness (QED) is 0.819. The molecule has 0 aliphatic carbocycles. The maximum atomic E-state index is 12.5. The van der Waals surface area contributed by atoms with Gasteiger partial charge in [-0.1, -0.05) is 34.5 Å². The Hall–Kier alpha value is -0.580. The number of likely N-dealkylation sites (tertiary alicyclic amines) is 1. The number of carbonyl (C=O) groups is 1. The van der Waals surface area contributed by atoms with Crippen LogP contribution in [0.5, 0.6) is 0 Å². The molecule has 0 aromatic heterocycles. The second kappa shape index (κ2) is 6.25. The highest BCUT2D eigenvalue weighted by atomic mass is 79.9. The molecule has 1 aliphatic heterocycles. The molecular weight excluding hydrogens is 330 g/mol. The lowest BCUT2D eigenvalue weighted by Gasteiger charge is -2.36. The van der Waals surface area contributed by atoms with E-state index in [2.05, 4.69) is 22.9 Å². The van der Waals surface area contributed by atoms with Gasteiger partial charge in [0.1, 0.15) is 0 Å². The number of nitrogens with zero attached hydrogens (tertiary/aromatic N) is 1. The third kappa shape index (κ3) is 3.30. The third-order valence-corrected chi connectivity index (χ3v) is 4.46. The summed E-state index contributed by atoms with van der Waals surface area (Å²) in [6.07, 6.45) is 1.05. The van der Waals surface area contributed by atoms with E-state index in [1.165, 1.54) is 0 Å². The van der Waals surface area contributed by atoms with Crippen molar-refractivity contribution in [2.45, 2.75) is 19.4 Å². The fourth-order valence-corrected chi connectivity index (χ4v) is 2.92. The first-order chi connectivity index (χ1) is 9.02. The summed E-state index contributed by atoms with van der Waals surface area (Å²) < 4.78 is 6.29. The van der Waals surface area contributed by atoms with Crippen LogP contribution in [0.2, 0.25) is 5.02 Å². The van der Waals surface area contributed by atoms with Crippen LogP contribution in [0.15, 0.2) is 22.7 Å². The van der Waals surface area contributed by atoms with Gasteiger partial charge in [0.25, 0.3) is 5.91 Å². The standard InChI is InChI=1S/C14H17BrClNO2/c1-9-5-6-17(8-13(9)19-2)14(18)11-7-10(15)3-4-12(11)16/h3-4,7,9,13H,5-6,8H2,1-2H3. The average Bonchev–Trinajstić information content (AvgIpc) is 2.41. The lowest BCUT2D eigenvalue weighted by Crippen LogP contribution is -2.46. The number of piperidine rings is 1. The van der Waals surface area contributed by atoms with Crippen molar-refractivity contribution in [3.05, 3.63) is 33.3 Å². The summed E-state index contributed by atoms with van der Waals surface area (Å²) in [5, 5.41) is 0.487. The lowest BCUT2D eigenvalue weighted by molar-refractivity contribution is -0.00156. The van der Waals surface area contributed by atoms with E-state index in [0.717, 1.165) is 17.4 Å². The van der Waals surface area contributed by atoms with Crippen LogP contribution in [0, 0.1) is 5.92 Å². The summed E-state index contributed by atoms with van der Waals surface area (Å²) in [5.41, 5.74) is 0.542. The SMILES string of the molecule is COC1CN(C(=O)c2cc(Br)ccc2Cl)CCC1C. The summed E-state index contributed by atoms with van der Waals surface area (Å²) in [6, 6.07) is 5.33. The minimum absolute atomic E-state index is 0.0275. The monoisotopic (exact) mass is 345 g/mol. The van der Waals surface area contributed by atoms with Gasteiger partial charge in [0.2, 0.25) is 0 Å². The second-order valence-electron chi connectivity index (χ2n) is 4.92. The molecule has 1 fully saturated rings. The van der Waals surface area contributed by atoms with Crippen LogP contribution >= 0.6 is 27.5 Å². The molecule has 0 N–H and O–H groups in total. The number of ether oxygens (including phenoxy) is 1. The molecule has 0 spiro atoms. The second-order valence-corrected chi connectivity index (χ2v) is 6.24. The molecule has 1 saturated heterocycles. The normalized spacial score (nSPS) is 23.5. The molecule has 1 aromatic rings. The Kier molecular flexibility index (Phi) is 4.87. The molecule has 1 aromatic carbocycles. The van der Waals surface area contributed by atoms with Crippen molar-refractivity contribution in [1.82, 2.24) is 4.90 Å². The highest BCUT2D eigenvalue weighted by molar-refractivity contribution is 9.10. The Balaban J connectivity index is 2.18. The number of benzene rings is 1. The predicted molar refractivity (Wildman–Crippen MR) is 79.6 cm³/mol. The van der Waals surface area contributed by atoms with Crippen molar-refractivity contribution < 1.29 is 9.53 Å². The van der Waals surface area contributed by atoms with Crippen molar-refractivity contribution in [3.8, 4) is 0 Å². The smallest absolute Gasteiger partial charge is 0.255 e. The van der Waals surface area contributed by atoms with Crippen LogP contribution in [0.3, 0.4) is 0 Å². The minimum Gasteiger partial charge on any atom is -0.379 e. The van der Waals surface area contributed by atoms with Crippen molar-refractivity contribution in [2.24, 2.45) is 5.92 Å². The highest BCUT2D eigenvalue weighted by Crippen LogP contribution is 2.25. The molecule has 19 heavy (non-hydrogen) atoms. The molecule has 3 nitrogen and oxygen atoms in total. The van der Waals surface area contributed by atoms with Gasteiger partial charge in [-0.3, -0.25) is 4.79 Å². The van der Waals surface area contributed by atoms with Crippen molar-refractivity contribution >= 4 is 33.4 Å². The van der Waals surface area contributed by atoms with E-state index in [1.54, 1.807) is 19.2 Å². The predicted octanol–water partition coefficient (Wildman–Crippen LogP) is 3.60. The highest BCUT2D eigenvalue weighted by Gasteiger charge is 2.30. The molecule has 0 saturated carbocycles. The Morgan fingerprint density at radius 3 is 2.95 bits per heavy atom. The topological polar surface area (TPSA) is 29.5 Å². The van der Waals surface area contributed by atoms with E-state index in [4.69, 9.17) is 16.3 Å². The zero-order valence-corrected chi connectivity index (χ0v) is 13.4. The molecule has 1 heterocycles. The first-order valence-corrected chi connectivity index (χ1v) is 7.47. The minimum atomic E-state index is -0.0275. The number of amides is 1. The van der Waals surface area contributed by atoms with Gasteiger partial charge >= 0.3 is 0 Å². The Morgan fingerprint density at radius 1 is 1.53 bits per heavy atom. The molecule has 2 atom stereocenters. The van der Waals surface area contributed by atoms with Gasteiger partial charge < -0.3 is 9.64 Å². The number of halogens is 2. The summed E-state index contributed by atoms with van der Waals surface area (Å²) in [4.78, 5) is 14.3. The van der Waals surface area contributed by atoms with Crippen LogP contribution < -0.4 is 0 Å². The lowest BCUT2D eigenvalue weighted by atomic mass is 9.95. The summed E-state index contributed by atoms with van der Waals surface area (Å²) in [6.45, 7) is 3.53. The van der Waals surface area contributed by atoms with Crippen LogP contribution in [-0.4, -0.2) is 37.1 Å². The molecule has 1 aliphatic rings. The van der Waals surface area contributed by atoms with Crippen LogP contribution in [-0.2, 0) is 4.74 Å². The number of carbonyl (C=O) groups excluding carboxylic acids is 1. The molecule has 104 valence electrons. The Bertz CT molecular complexity index is 481. The molecule has 0 radical (unpaired) electrons. The molecular formula is C14H17BrClNO2. The number of hydrogen-bond acceptors (Lipinski definition) is 2. The van der Waals surface area contributed by atoms with E-state index in [9.17, 15) is 4.79 Å². The summed E-state index contributed by atoms with van der Waals surface area (Å²) >= 11 is 9.48. The fraction of sp³-hybridized carbons (Fsp3) is 0.500. The first kappa shape index (κ1) is 14.8. The van der Waals surface area contributed by atoms with Gasteiger partial charge in [-0.2, -0.15) is 0 Å². The van der Waals surface area contributed by atoms with Gasteiger partial charge in [-0.05, 0) is 30.5 Å². The Labute approximate surface area is 127 Å². The number of rotatable bonds is 2. The van der Waals surface area contributed by atoms with E-state index < -0.39 is 0 Å². The first-order valence-electron chi connectivity index (χ1n) is 6.30. The average molecular weight is 347 g/mol. The zero-order chi connectivity index (χ0) is 14.0. The maximum Gasteiger partial charge on any atom is 0.255 e. The van der Waals surface area contributed by atoms with Gasteiger partial charge in [0, 0.05) is 24.7 Å². The van der Waals surface area contributed by atoms with Crippen molar-refractivity contribution in [3.63, 3.8) is 0 Å². The van der Waals surface area contributed by atoms with E-state index in [-0.39, 0.29) is 12.0 Å². The summed E-state index contributed by atoms with van der Waals surface area (Å²) in [5.74, 6) is 0.451. The molecule has 0 bridgehead atoms. The molecule has 2 unspecified atom stereocenters. The fourth-order valence-electron chi connectivity index (χ4n) is 2.36. The summed E-state index contributed by atoms with van der Waals surface area (Å²) in [7, 11) is 1.70. The van der Waals surface area contributed by atoms with Crippen LogP contribution in [0.25, 0.3) is 0 Å². The Morgan fingerprint density at radius 2 is 2.26 bits per heavy atom. The molecule has 5 heteroatoms. The number of hydrogen-bond donors (Lipinski definition) is 0. The van der Waals surface area contributed by atoms with Gasteiger partial charge in [-0.25, -0.2) is 0 Å². The van der Waals surface area contributed by atoms with E-state index in [0.29, 0.717) is 23.0 Å². The van der Waals surface area contributed by atoms with Crippen LogP contribution in [0.4, 0.5) is 0 Å². The van der Waals surface area contributed by atoms with Gasteiger partial charge in [-0.15, -0.1) is 0 Å². The van der Waals surface area contributed by atoms with Crippen molar-refractivity contribution in [2.75, 3.05) is 20.2 Å². The van der Waals surface area contributed by atoms with E-state index in [1.807, 2.05) is 11.0 Å². The largest absolute Gasteiger partial charge is 0.379 e. The zero-order valence-electron chi connectivity index (χ0n) is 11.0. The van der Waals surface area contributed by atoms with Gasteiger partial charge in [0.15, 0.2) is 0 Å². The number of methoxy groups -OCH3 is 1. The van der Waals surface area contributed by atoms with Crippen LogP contribution in [0.1, 0.15) is 23.7 Å². The van der Waals surface area contributed by atoms with E-state index >= 15 is 0 Å². The third-order valence-electron chi connectivity index (χ3n) is 3.64. The molecule has 1 amide bonds. The van der Waals surface area contributed by atoms with Gasteiger partial charge in [0.05, 0.1) is 16.7 Å². The molecule has 2 rings (SSSR count). The van der Waals surface area contributed by atoms with Crippen molar-refractivity contribution in [1.29, 1.82) is 0 Å². The maximum absolute atomic E-state index is 12.5.